The number of ether oxygens (including phenoxy) is 1. The van der Waals surface area contributed by atoms with Crippen LogP contribution in [0.2, 0.25) is 0 Å². The maximum absolute atomic E-state index is 5.26. The lowest BCUT2D eigenvalue weighted by atomic mass is 10.2. The molecule has 2 aromatic heterocycles. The minimum absolute atomic E-state index is 0.711. The number of benzene rings is 1. The van der Waals surface area contributed by atoms with Crippen molar-refractivity contribution in [3.05, 3.63) is 47.1 Å². The summed E-state index contributed by atoms with van der Waals surface area (Å²) in [5.41, 5.74) is 1.16. The highest BCUT2D eigenvalue weighted by Gasteiger charge is 2.08. The third-order valence-corrected chi connectivity index (χ3v) is 4.57. The molecule has 0 aliphatic rings. The molecule has 22 heavy (non-hydrogen) atoms. The van der Waals surface area contributed by atoms with Crippen LogP contribution in [0.15, 0.2) is 36.7 Å². The summed E-state index contributed by atoms with van der Waals surface area (Å²) in [6.07, 6.45) is 3.87. The Morgan fingerprint density at radius 2 is 2.14 bits per heavy atom. The topological polar surface area (TPSA) is 47.0 Å². The van der Waals surface area contributed by atoms with Crippen molar-refractivity contribution in [2.24, 2.45) is 0 Å². The van der Waals surface area contributed by atoms with Crippen LogP contribution in [-0.2, 0) is 13.0 Å². The lowest BCUT2D eigenvalue weighted by Crippen LogP contribution is -2.02. The van der Waals surface area contributed by atoms with E-state index in [1.54, 1.807) is 24.8 Å². The monoisotopic (exact) mass is 313 g/mol. The zero-order valence-electron chi connectivity index (χ0n) is 12.8. The van der Waals surface area contributed by atoms with Crippen molar-refractivity contribution in [3.8, 4) is 5.75 Å². The molecule has 5 heteroatoms. The molecule has 2 heterocycles. The fraction of sp³-hybridized carbons (Fsp3) is 0.294. The van der Waals surface area contributed by atoms with Gasteiger partial charge in [-0.25, -0.2) is 9.97 Å². The van der Waals surface area contributed by atoms with Gasteiger partial charge < -0.3 is 10.1 Å². The van der Waals surface area contributed by atoms with E-state index in [0.29, 0.717) is 6.54 Å². The van der Waals surface area contributed by atoms with Gasteiger partial charge in [-0.1, -0.05) is 25.5 Å². The van der Waals surface area contributed by atoms with Crippen LogP contribution in [0, 0.1) is 0 Å². The van der Waals surface area contributed by atoms with E-state index < -0.39 is 0 Å². The Bertz CT molecular complexity index is 769. The Balaban J connectivity index is 1.81. The molecule has 4 nitrogen and oxygen atoms in total. The molecule has 0 aliphatic carbocycles. The zero-order valence-corrected chi connectivity index (χ0v) is 13.6. The largest absolute Gasteiger partial charge is 0.497 e. The van der Waals surface area contributed by atoms with Crippen molar-refractivity contribution < 1.29 is 4.74 Å². The second-order valence-electron chi connectivity index (χ2n) is 5.11. The highest BCUT2D eigenvalue weighted by molar-refractivity contribution is 7.18. The fourth-order valence-electron chi connectivity index (χ4n) is 2.38. The number of nitrogens with zero attached hydrogens (tertiary/aromatic N) is 2. The SMILES string of the molecule is CCCc1cc2c(NCc3cccc(OC)c3)ncnc2s1. The first-order valence-corrected chi connectivity index (χ1v) is 8.22. The lowest BCUT2D eigenvalue weighted by molar-refractivity contribution is 0.414. The third kappa shape index (κ3) is 3.20. The number of hydrogen-bond acceptors (Lipinski definition) is 5. The average molecular weight is 313 g/mol. The number of nitrogens with one attached hydrogen (secondary N) is 1. The quantitative estimate of drug-likeness (QED) is 0.738. The van der Waals surface area contributed by atoms with E-state index in [9.17, 15) is 0 Å². The summed E-state index contributed by atoms with van der Waals surface area (Å²) in [7, 11) is 1.68. The number of aryl methyl sites for hydroxylation is 1. The number of fused-ring (bicyclic) bond motifs is 1. The molecule has 0 bridgehead atoms. The first-order chi connectivity index (χ1) is 10.8. The predicted molar refractivity (Wildman–Crippen MR) is 91.7 cm³/mol. The molecule has 0 fully saturated rings. The van der Waals surface area contributed by atoms with Crippen molar-refractivity contribution >= 4 is 27.4 Å². The van der Waals surface area contributed by atoms with Crippen LogP contribution >= 0.6 is 11.3 Å². The fourth-order valence-corrected chi connectivity index (χ4v) is 3.48. The van der Waals surface area contributed by atoms with Gasteiger partial charge >= 0.3 is 0 Å². The van der Waals surface area contributed by atoms with E-state index in [1.165, 1.54) is 4.88 Å². The molecule has 0 saturated heterocycles. The summed E-state index contributed by atoms with van der Waals surface area (Å²) in [6.45, 7) is 2.90. The molecule has 1 N–H and O–H groups in total. The van der Waals surface area contributed by atoms with Gasteiger partial charge in [-0.05, 0) is 30.2 Å². The number of rotatable bonds is 6. The van der Waals surface area contributed by atoms with Crippen LogP contribution < -0.4 is 10.1 Å². The standard InChI is InChI=1S/C17H19N3OS/c1-3-5-14-9-15-16(19-11-20-17(15)22-14)18-10-12-6-4-7-13(8-12)21-2/h4,6-9,11H,3,5,10H2,1-2H3,(H,18,19,20). The van der Waals surface area contributed by atoms with Crippen molar-refractivity contribution in [3.63, 3.8) is 0 Å². The maximum Gasteiger partial charge on any atom is 0.138 e. The summed E-state index contributed by atoms with van der Waals surface area (Å²) in [5, 5.41) is 4.52. The number of hydrogen-bond donors (Lipinski definition) is 1. The molecule has 0 saturated carbocycles. The van der Waals surface area contributed by atoms with Crippen molar-refractivity contribution in [2.75, 3.05) is 12.4 Å². The Morgan fingerprint density at radius 1 is 1.23 bits per heavy atom. The smallest absolute Gasteiger partial charge is 0.138 e. The van der Waals surface area contributed by atoms with Gasteiger partial charge in [-0.15, -0.1) is 11.3 Å². The van der Waals surface area contributed by atoms with Crippen LogP contribution in [0.25, 0.3) is 10.2 Å². The minimum atomic E-state index is 0.711. The molecule has 0 aliphatic heterocycles. The molecule has 0 unspecified atom stereocenters. The maximum atomic E-state index is 5.26. The molecular weight excluding hydrogens is 294 g/mol. The van der Waals surface area contributed by atoms with E-state index in [1.807, 2.05) is 18.2 Å². The van der Waals surface area contributed by atoms with Crippen molar-refractivity contribution in [1.29, 1.82) is 0 Å². The highest BCUT2D eigenvalue weighted by Crippen LogP contribution is 2.29. The van der Waals surface area contributed by atoms with Gasteiger partial charge in [-0.2, -0.15) is 0 Å². The van der Waals surface area contributed by atoms with Gasteiger partial charge in [0.1, 0.15) is 22.7 Å². The van der Waals surface area contributed by atoms with Crippen LogP contribution in [-0.4, -0.2) is 17.1 Å². The van der Waals surface area contributed by atoms with Gasteiger partial charge in [0, 0.05) is 11.4 Å². The van der Waals surface area contributed by atoms with Crippen molar-refractivity contribution in [2.45, 2.75) is 26.3 Å². The molecule has 1 aromatic carbocycles. The lowest BCUT2D eigenvalue weighted by Gasteiger charge is -2.07. The summed E-state index contributed by atoms with van der Waals surface area (Å²) >= 11 is 1.75. The number of thiophene rings is 1. The predicted octanol–water partition coefficient (Wildman–Crippen LogP) is 4.26. The van der Waals surface area contributed by atoms with Gasteiger partial charge in [0.25, 0.3) is 0 Å². The first kappa shape index (κ1) is 14.8. The van der Waals surface area contributed by atoms with E-state index in [-0.39, 0.29) is 0 Å². The first-order valence-electron chi connectivity index (χ1n) is 7.40. The molecule has 0 spiro atoms. The Hall–Kier alpha value is -2.14. The van der Waals surface area contributed by atoms with E-state index in [4.69, 9.17) is 4.74 Å². The van der Waals surface area contributed by atoms with Gasteiger partial charge in [0.15, 0.2) is 0 Å². The molecular formula is C17H19N3OS. The molecule has 114 valence electrons. The second-order valence-corrected chi connectivity index (χ2v) is 6.22. The summed E-state index contributed by atoms with van der Waals surface area (Å²) in [6, 6.07) is 10.3. The van der Waals surface area contributed by atoms with E-state index in [2.05, 4.69) is 34.3 Å². The summed E-state index contributed by atoms with van der Waals surface area (Å²) in [4.78, 5) is 11.2. The van der Waals surface area contributed by atoms with Gasteiger partial charge in [0.05, 0.1) is 12.5 Å². The van der Waals surface area contributed by atoms with Crippen LogP contribution in [0.5, 0.6) is 5.75 Å². The average Bonchev–Trinajstić information content (AvgIpc) is 2.96. The van der Waals surface area contributed by atoms with Crippen LogP contribution in [0.3, 0.4) is 0 Å². The summed E-state index contributed by atoms with van der Waals surface area (Å²) < 4.78 is 5.26. The normalized spacial score (nSPS) is 10.8. The summed E-state index contributed by atoms with van der Waals surface area (Å²) in [5.74, 6) is 1.76. The molecule has 0 atom stereocenters. The third-order valence-electron chi connectivity index (χ3n) is 3.47. The van der Waals surface area contributed by atoms with Gasteiger partial charge in [-0.3, -0.25) is 0 Å². The van der Waals surface area contributed by atoms with E-state index in [0.717, 1.165) is 40.2 Å². The van der Waals surface area contributed by atoms with Crippen LogP contribution in [0.4, 0.5) is 5.82 Å². The Labute approximate surface area is 134 Å². The van der Waals surface area contributed by atoms with E-state index >= 15 is 0 Å². The molecule has 3 rings (SSSR count). The number of anilines is 1. The van der Waals surface area contributed by atoms with Crippen LogP contribution in [0.1, 0.15) is 23.8 Å². The number of aromatic nitrogens is 2. The molecule has 3 aromatic rings. The van der Waals surface area contributed by atoms with Crippen molar-refractivity contribution in [1.82, 2.24) is 9.97 Å². The molecule has 0 radical (unpaired) electrons. The highest BCUT2D eigenvalue weighted by atomic mass is 32.1. The number of methoxy groups -OCH3 is 1. The zero-order chi connectivity index (χ0) is 15.4. The van der Waals surface area contributed by atoms with Gasteiger partial charge in [0.2, 0.25) is 0 Å². The Kier molecular flexibility index (Phi) is 4.53. The molecule has 0 amide bonds. The minimum Gasteiger partial charge on any atom is -0.497 e. The Morgan fingerprint density at radius 3 is 2.95 bits per heavy atom. The second kappa shape index (κ2) is 6.75.